The van der Waals surface area contributed by atoms with Gasteiger partial charge in [0.25, 0.3) is 0 Å². The minimum atomic E-state index is -4.21. The first-order valence-corrected chi connectivity index (χ1v) is 5.61. The Morgan fingerprint density at radius 2 is 1.62 bits per heavy atom. The quantitative estimate of drug-likeness (QED) is 0.793. The van der Waals surface area contributed by atoms with Gasteiger partial charge < -0.3 is 10.4 Å². The molecule has 0 saturated heterocycles. The molecule has 0 bridgehead atoms. The topological polar surface area (TPSA) is 32.3 Å². The minimum Gasteiger partial charge on any atom is -0.394 e. The van der Waals surface area contributed by atoms with Crippen molar-refractivity contribution in [2.24, 2.45) is 5.41 Å². The fourth-order valence-corrected chi connectivity index (χ4v) is 2.08. The highest BCUT2D eigenvalue weighted by molar-refractivity contribution is 4.95. The maximum Gasteiger partial charge on any atom is 0.401 e. The van der Waals surface area contributed by atoms with Gasteiger partial charge >= 0.3 is 6.18 Å². The van der Waals surface area contributed by atoms with Crippen molar-refractivity contribution in [3.8, 4) is 0 Å². The average Bonchev–Trinajstić information content (AvgIpc) is 2.16. The lowest BCUT2D eigenvalue weighted by molar-refractivity contribution is -0.131. The van der Waals surface area contributed by atoms with Crippen LogP contribution < -0.4 is 5.32 Å². The first-order chi connectivity index (χ1) is 7.18. The fourth-order valence-electron chi connectivity index (χ4n) is 2.08. The fraction of sp³-hybridized carbons (Fsp3) is 1.00. The Kier molecular flexibility index (Phi) is 3.90. The number of hydrogen-bond acceptors (Lipinski definition) is 2. The van der Waals surface area contributed by atoms with Crippen molar-refractivity contribution in [3.05, 3.63) is 0 Å². The number of aliphatic hydroxyl groups is 1. The average molecular weight is 239 g/mol. The highest BCUT2D eigenvalue weighted by Gasteiger charge is 2.40. The first-order valence-electron chi connectivity index (χ1n) is 5.61. The van der Waals surface area contributed by atoms with Gasteiger partial charge in [0.2, 0.25) is 0 Å². The number of alkyl halides is 3. The Morgan fingerprint density at radius 1 is 1.12 bits per heavy atom. The lowest BCUT2D eigenvalue weighted by Gasteiger charge is -2.43. The van der Waals surface area contributed by atoms with Crippen LogP contribution in [0.1, 0.15) is 39.5 Å². The molecular weight excluding hydrogens is 219 g/mol. The van der Waals surface area contributed by atoms with E-state index in [1.165, 1.54) is 0 Å². The Hall–Kier alpha value is -0.290. The number of nitrogens with one attached hydrogen (secondary N) is 1. The van der Waals surface area contributed by atoms with E-state index < -0.39 is 18.3 Å². The molecule has 0 atom stereocenters. The smallest absolute Gasteiger partial charge is 0.394 e. The molecule has 0 heterocycles. The van der Waals surface area contributed by atoms with Crippen LogP contribution in [0.25, 0.3) is 0 Å². The van der Waals surface area contributed by atoms with Crippen molar-refractivity contribution in [2.45, 2.75) is 51.2 Å². The molecule has 0 aromatic heterocycles. The maximum atomic E-state index is 12.1. The zero-order valence-corrected chi connectivity index (χ0v) is 9.82. The van der Waals surface area contributed by atoms with E-state index in [0.29, 0.717) is 12.8 Å². The van der Waals surface area contributed by atoms with Gasteiger partial charge in [-0.15, -0.1) is 0 Å². The van der Waals surface area contributed by atoms with Crippen LogP contribution in [-0.2, 0) is 0 Å². The molecule has 0 amide bonds. The van der Waals surface area contributed by atoms with Crippen LogP contribution >= 0.6 is 0 Å². The highest BCUT2D eigenvalue weighted by Crippen LogP contribution is 2.40. The predicted octanol–water partition coefficient (Wildman–Crippen LogP) is 2.47. The Balaban J connectivity index is 2.53. The zero-order valence-electron chi connectivity index (χ0n) is 9.82. The molecule has 2 nitrogen and oxygen atoms in total. The normalized spacial score (nSPS) is 24.4. The van der Waals surface area contributed by atoms with Crippen LogP contribution in [0.15, 0.2) is 0 Å². The van der Waals surface area contributed by atoms with Gasteiger partial charge in [0.05, 0.1) is 13.2 Å². The summed E-state index contributed by atoms with van der Waals surface area (Å²) in [6.07, 6.45) is -1.31. The van der Waals surface area contributed by atoms with E-state index >= 15 is 0 Å². The maximum absolute atomic E-state index is 12.1. The van der Waals surface area contributed by atoms with Crippen molar-refractivity contribution < 1.29 is 18.3 Å². The van der Waals surface area contributed by atoms with Gasteiger partial charge in [-0.25, -0.2) is 0 Å². The van der Waals surface area contributed by atoms with Gasteiger partial charge in [-0.1, -0.05) is 13.8 Å². The molecule has 1 fully saturated rings. The molecule has 0 aliphatic heterocycles. The van der Waals surface area contributed by atoms with E-state index in [-0.39, 0.29) is 12.0 Å². The first kappa shape index (κ1) is 13.8. The van der Waals surface area contributed by atoms with E-state index in [9.17, 15) is 18.3 Å². The summed E-state index contributed by atoms with van der Waals surface area (Å²) in [7, 11) is 0. The summed E-state index contributed by atoms with van der Waals surface area (Å²) in [4.78, 5) is 0. The second-order valence-corrected chi connectivity index (χ2v) is 5.57. The molecule has 1 aliphatic carbocycles. The zero-order chi connectivity index (χ0) is 12.4. The van der Waals surface area contributed by atoms with Gasteiger partial charge in [-0.05, 0) is 31.1 Å². The number of rotatable bonds is 3. The third-order valence-corrected chi connectivity index (χ3v) is 3.53. The summed E-state index contributed by atoms with van der Waals surface area (Å²) in [6.45, 7) is 2.98. The molecule has 5 heteroatoms. The van der Waals surface area contributed by atoms with E-state index in [1.807, 2.05) is 0 Å². The highest BCUT2D eigenvalue weighted by atomic mass is 19.4. The largest absolute Gasteiger partial charge is 0.401 e. The molecule has 2 N–H and O–H groups in total. The summed E-state index contributed by atoms with van der Waals surface area (Å²) in [5.74, 6) is 0. The molecular formula is C11H20F3NO. The summed E-state index contributed by atoms with van der Waals surface area (Å²) < 4.78 is 36.4. The molecule has 16 heavy (non-hydrogen) atoms. The Labute approximate surface area is 94.2 Å². The molecule has 0 aromatic carbocycles. The van der Waals surface area contributed by atoms with Gasteiger partial charge in [0.15, 0.2) is 0 Å². The molecule has 0 aromatic rings. The molecule has 1 aliphatic rings. The second-order valence-electron chi connectivity index (χ2n) is 5.57. The van der Waals surface area contributed by atoms with Crippen LogP contribution in [0.4, 0.5) is 13.2 Å². The third-order valence-electron chi connectivity index (χ3n) is 3.53. The number of halogens is 3. The molecule has 96 valence electrons. The molecule has 0 unspecified atom stereocenters. The SMILES string of the molecule is CC1(C)CCC(CO)(NCC(F)(F)F)CC1. The Bertz CT molecular complexity index is 228. The van der Waals surface area contributed by atoms with Gasteiger partial charge in [0.1, 0.15) is 0 Å². The molecule has 1 saturated carbocycles. The van der Waals surface area contributed by atoms with Crippen molar-refractivity contribution in [3.63, 3.8) is 0 Å². The molecule has 1 rings (SSSR count). The van der Waals surface area contributed by atoms with Gasteiger partial charge in [-0.3, -0.25) is 0 Å². The minimum absolute atomic E-state index is 0.179. The van der Waals surface area contributed by atoms with Crippen LogP contribution in [0.2, 0.25) is 0 Å². The summed E-state index contributed by atoms with van der Waals surface area (Å²) in [6, 6.07) is 0. The third kappa shape index (κ3) is 3.94. The van der Waals surface area contributed by atoms with Crippen LogP contribution in [0, 0.1) is 5.41 Å². The van der Waals surface area contributed by atoms with E-state index in [0.717, 1.165) is 12.8 Å². The number of hydrogen-bond donors (Lipinski definition) is 2. The summed E-state index contributed by atoms with van der Waals surface area (Å²) >= 11 is 0. The van der Waals surface area contributed by atoms with E-state index in [2.05, 4.69) is 19.2 Å². The van der Waals surface area contributed by atoms with Crippen LogP contribution in [-0.4, -0.2) is 30.0 Å². The lowest BCUT2D eigenvalue weighted by Crippen LogP contribution is -2.54. The van der Waals surface area contributed by atoms with Crippen molar-refractivity contribution >= 4 is 0 Å². The van der Waals surface area contributed by atoms with Gasteiger partial charge in [0, 0.05) is 5.54 Å². The monoisotopic (exact) mass is 239 g/mol. The standard InChI is InChI=1S/C11H20F3NO/c1-9(2)3-5-10(8-16,6-4-9)15-7-11(12,13)14/h15-16H,3-8H2,1-2H3. The van der Waals surface area contributed by atoms with E-state index in [1.54, 1.807) is 0 Å². The summed E-state index contributed by atoms with van der Waals surface area (Å²) in [5, 5.41) is 11.8. The van der Waals surface area contributed by atoms with Crippen LogP contribution in [0.5, 0.6) is 0 Å². The van der Waals surface area contributed by atoms with Crippen molar-refractivity contribution in [2.75, 3.05) is 13.2 Å². The number of aliphatic hydroxyl groups excluding tert-OH is 1. The lowest BCUT2D eigenvalue weighted by atomic mass is 9.69. The predicted molar refractivity (Wildman–Crippen MR) is 56.1 cm³/mol. The molecule has 0 spiro atoms. The summed E-state index contributed by atoms with van der Waals surface area (Å²) in [5.41, 5.74) is -0.552. The molecule has 0 radical (unpaired) electrons. The van der Waals surface area contributed by atoms with Crippen molar-refractivity contribution in [1.82, 2.24) is 5.32 Å². The van der Waals surface area contributed by atoms with Crippen molar-refractivity contribution in [1.29, 1.82) is 0 Å². The second kappa shape index (κ2) is 4.53. The van der Waals surface area contributed by atoms with E-state index in [4.69, 9.17) is 0 Å². The van der Waals surface area contributed by atoms with Crippen LogP contribution in [0.3, 0.4) is 0 Å². The Morgan fingerprint density at radius 3 is 2.00 bits per heavy atom. The van der Waals surface area contributed by atoms with Gasteiger partial charge in [-0.2, -0.15) is 13.2 Å².